The van der Waals surface area contributed by atoms with Crippen LogP contribution >= 0.6 is 0 Å². The summed E-state index contributed by atoms with van der Waals surface area (Å²) >= 11 is 0. The van der Waals surface area contributed by atoms with E-state index in [9.17, 15) is 9.90 Å². The second-order valence-electron chi connectivity index (χ2n) is 7.34. The molecule has 1 fully saturated rings. The maximum absolute atomic E-state index is 12.0. The lowest BCUT2D eigenvalue weighted by Gasteiger charge is -2.27. The molecule has 1 amide bonds. The normalized spacial score (nSPS) is 19.2. The van der Waals surface area contributed by atoms with Gasteiger partial charge in [0, 0.05) is 11.7 Å². The first-order chi connectivity index (χ1) is 14.0. The Labute approximate surface area is 168 Å². The molecular weight excluding hydrogens is 370 g/mol. The Morgan fingerprint density at radius 1 is 1.24 bits per heavy atom. The fourth-order valence-corrected chi connectivity index (χ4v) is 3.65. The third-order valence-electron chi connectivity index (χ3n) is 5.26. The summed E-state index contributed by atoms with van der Waals surface area (Å²) in [5.74, 6) is 0.313. The number of nitrogens with one attached hydrogen (secondary N) is 3. The number of fused-ring (bicyclic) bond motifs is 1. The van der Waals surface area contributed by atoms with E-state index < -0.39 is 5.91 Å². The number of imidazole rings is 1. The molecule has 6 N–H and O–H groups in total. The number of aromatic nitrogens is 4. The number of aliphatic hydroxyl groups excluding tert-OH is 1. The SMILES string of the molecule is CCc1nc(C(N)=O)c(Nc2ccc3[nH]cnc3c2)nc1N[C@H]1CC[C@H](O)CC1. The lowest BCUT2D eigenvalue weighted by atomic mass is 9.93. The largest absolute Gasteiger partial charge is 0.393 e. The van der Waals surface area contributed by atoms with E-state index in [4.69, 9.17) is 5.73 Å². The number of nitrogens with two attached hydrogens (primary N) is 1. The van der Waals surface area contributed by atoms with Crippen LogP contribution in [0.1, 0.15) is 48.8 Å². The molecule has 0 aliphatic heterocycles. The average molecular weight is 395 g/mol. The molecule has 1 aliphatic carbocycles. The Bertz CT molecular complexity index is 1020. The predicted molar refractivity (Wildman–Crippen MR) is 111 cm³/mol. The molecule has 152 valence electrons. The van der Waals surface area contributed by atoms with E-state index in [0.717, 1.165) is 42.4 Å². The number of aromatic amines is 1. The van der Waals surface area contributed by atoms with Gasteiger partial charge in [-0.2, -0.15) is 0 Å². The molecule has 0 saturated heterocycles. The van der Waals surface area contributed by atoms with Crippen molar-refractivity contribution in [2.75, 3.05) is 10.6 Å². The number of H-pyrrole nitrogens is 1. The van der Waals surface area contributed by atoms with Crippen molar-refractivity contribution in [2.24, 2.45) is 5.73 Å². The standard InChI is InChI=1S/C20H25N7O2/c1-2-14-19(24-11-3-6-13(28)7-4-11)27-20(17(26-14)18(21)29)25-12-5-8-15-16(9-12)23-10-22-15/h5,8-11,13,28H,2-4,6-7H2,1H3,(H2,21,29)(H,22,23)(H2,24,25,27)/t11-,13-. The van der Waals surface area contributed by atoms with Gasteiger partial charge in [0.2, 0.25) is 0 Å². The van der Waals surface area contributed by atoms with Gasteiger partial charge in [0.1, 0.15) is 5.82 Å². The molecule has 0 unspecified atom stereocenters. The van der Waals surface area contributed by atoms with E-state index >= 15 is 0 Å². The fraction of sp³-hybridized carbons (Fsp3) is 0.400. The summed E-state index contributed by atoms with van der Waals surface area (Å²) in [6, 6.07) is 5.85. The van der Waals surface area contributed by atoms with Crippen LogP contribution in [0.5, 0.6) is 0 Å². The summed E-state index contributed by atoms with van der Waals surface area (Å²) in [4.78, 5) is 28.4. The van der Waals surface area contributed by atoms with Crippen molar-refractivity contribution in [2.45, 2.75) is 51.2 Å². The molecule has 1 saturated carbocycles. The molecule has 0 spiro atoms. The van der Waals surface area contributed by atoms with E-state index in [-0.39, 0.29) is 17.8 Å². The molecule has 9 nitrogen and oxygen atoms in total. The predicted octanol–water partition coefficient (Wildman–Crippen LogP) is 2.47. The van der Waals surface area contributed by atoms with Crippen molar-refractivity contribution in [1.29, 1.82) is 0 Å². The summed E-state index contributed by atoms with van der Waals surface area (Å²) in [5.41, 5.74) is 8.82. The minimum atomic E-state index is -0.636. The maximum Gasteiger partial charge on any atom is 0.271 e. The number of rotatable bonds is 6. The Balaban J connectivity index is 1.65. The number of amides is 1. The topological polar surface area (TPSA) is 142 Å². The van der Waals surface area contributed by atoms with Gasteiger partial charge in [-0.3, -0.25) is 4.79 Å². The number of benzene rings is 1. The Morgan fingerprint density at radius 3 is 2.76 bits per heavy atom. The van der Waals surface area contributed by atoms with E-state index in [1.54, 1.807) is 6.33 Å². The van der Waals surface area contributed by atoms with Crippen LogP contribution in [-0.4, -0.2) is 43.1 Å². The van der Waals surface area contributed by atoms with Crippen LogP contribution in [0.25, 0.3) is 11.0 Å². The second-order valence-corrected chi connectivity index (χ2v) is 7.34. The Hall–Kier alpha value is -3.20. The molecule has 2 aromatic heterocycles. The van der Waals surface area contributed by atoms with Crippen molar-refractivity contribution in [3.8, 4) is 0 Å². The number of carbonyl (C=O) groups excluding carboxylic acids is 1. The van der Waals surface area contributed by atoms with Crippen LogP contribution < -0.4 is 16.4 Å². The van der Waals surface area contributed by atoms with Gasteiger partial charge in [-0.1, -0.05) is 6.92 Å². The average Bonchev–Trinajstić information content (AvgIpc) is 3.17. The third kappa shape index (κ3) is 4.14. The van der Waals surface area contributed by atoms with Crippen LogP contribution in [0, 0.1) is 0 Å². The number of aliphatic hydroxyl groups is 1. The van der Waals surface area contributed by atoms with Crippen LogP contribution in [0.3, 0.4) is 0 Å². The first-order valence-corrected chi connectivity index (χ1v) is 9.89. The number of hydrogen-bond acceptors (Lipinski definition) is 7. The van der Waals surface area contributed by atoms with Crippen molar-refractivity contribution in [3.63, 3.8) is 0 Å². The van der Waals surface area contributed by atoms with E-state index in [1.807, 2.05) is 25.1 Å². The van der Waals surface area contributed by atoms with Gasteiger partial charge in [0.15, 0.2) is 11.5 Å². The number of primary amides is 1. The van der Waals surface area contributed by atoms with Crippen molar-refractivity contribution in [3.05, 3.63) is 35.9 Å². The highest BCUT2D eigenvalue weighted by Gasteiger charge is 2.23. The molecule has 2 heterocycles. The molecule has 9 heteroatoms. The van der Waals surface area contributed by atoms with Gasteiger partial charge in [-0.25, -0.2) is 15.0 Å². The minimum absolute atomic E-state index is 0.105. The summed E-state index contributed by atoms with van der Waals surface area (Å²) < 4.78 is 0. The molecule has 1 aliphatic rings. The highest BCUT2D eigenvalue weighted by Crippen LogP contribution is 2.27. The third-order valence-corrected chi connectivity index (χ3v) is 5.26. The molecule has 1 aromatic carbocycles. The zero-order valence-corrected chi connectivity index (χ0v) is 16.3. The van der Waals surface area contributed by atoms with Crippen LogP contribution in [0.2, 0.25) is 0 Å². The van der Waals surface area contributed by atoms with E-state index in [1.165, 1.54) is 0 Å². The molecule has 4 rings (SSSR count). The van der Waals surface area contributed by atoms with Crippen LogP contribution in [0.15, 0.2) is 24.5 Å². The van der Waals surface area contributed by atoms with Gasteiger partial charge < -0.3 is 26.5 Å². The Kier molecular flexibility index (Phi) is 5.30. The molecule has 0 bridgehead atoms. The number of aryl methyl sites for hydroxylation is 1. The van der Waals surface area contributed by atoms with Gasteiger partial charge in [-0.15, -0.1) is 0 Å². The second kappa shape index (κ2) is 8.04. The Morgan fingerprint density at radius 2 is 2.03 bits per heavy atom. The number of hydrogen-bond donors (Lipinski definition) is 5. The highest BCUT2D eigenvalue weighted by molar-refractivity contribution is 5.97. The number of nitrogens with zero attached hydrogens (tertiary/aromatic N) is 3. The van der Waals surface area contributed by atoms with E-state index in [2.05, 4.69) is 30.6 Å². The van der Waals surface area contributed by atoms with Crippen LogP contribution in [0.4, 0.5) is 17.3 Å². The fourth-order valence-electron chi connectivity index (χ4n) is 3.65. The smallest absolute Gasteiger partial charge is 0.271 e. The quantitative estimate of drug-likeness (QED) is 0.431. The first-order valence-electron chi connectivity index (χ1n) is 9.89. The monoisotopic (exact) mass is 395 g/mol. The number of carbonyl (C=O) groups is 1. The summed E-state index contributed by atoms with van der Waals surface area (Å²) in [6.07, 6.45) is 5.27. The van der Waals surface area contributed by atoms with Gasteiger partial charge >= 0.3 is 0 Å². The van der Waals surface area contributed by atoms with Crippen LogP contribution in [-0.2, 0) is 6.42 Å². The van der Waals surface area contributed by atoms with Crippen molar-refractivity contribution < 1.29 is 9.90 Å². The zero-order chi connectivity index (χ0) is 20.4. The molecule has 29 heavy (non-hydrogen) atoms. The summed E-state index contributed by atoms with van der Waals surface area (Å²) in [6.45, 7) is 1.96. The van der Waals surface area contributed by atoms with Gasteiger partial charge in [0.25, 0.3) is 5.91 Å². The molecule has 0 radical (unpaired) electrons. The zero-order valence-electron chi connectivity index (χ0n) is 16.3. The lowest BCUT2D eigenvalue weighted by Crippen LogP contribution is -2.29. The van der Waals surface area contributed by atoms with Gasteiger partial charge in [-0.05, 0) is 50.3 Å². The maximum atomic E-state index is 12.0. The molecule has 0 atom stereocenters. The summed E-state index contributed by atoms with van der Waals surface area (Å²) in [7, 11) is 0. The molecule has 3 aromatic rings. The minimum Gasteiger partial charge on any atom is -0.393 e. The number of anilines is 3. The van der Waals surface area contributed by atoms with Crippen molar-refractivity contribution in [1.82, 2.24) is 19.9 Å². The highest BCUT2D eigenvalue weighted by atomic mass is 16.3. The van der Waals surface area contributed by atoms with Gasteiger partial charge in [0.05, 0.1) is 29.2 Å². The first kappa shape index (κ1) is 19.1. The molecular formula is C20H25N7O2. The summed E-state index contributed by atoms with van der Waals surface area (Å²) in [5, 5.41) is 16.3. The van der Waals surface area contributed by atoms with E-state index in [0.29, 0.717) is 23.8 Å². The lowest BCUT2D eigenvalue weighted by molar-refractivity contribution is 0.0996. The van der Waals surface area contributed by atoms with Crippen molar-refractivity contribution >= 4 is 34.3 Å².